The molecule has 5 nitrogen and oxygen atoms in total. The lowest BCUT2D eigenvalue weighted by Gasteiger charge is -2.07. The Bertz CT molecular complexity index is 399. The molecule has 1 aromatic rings. The lowest BCUT2D eigenvalue weighted by molar-refractivity contribution is 0.0946. The molecule has 16 heavy (non-hydrogen) atoms. The molecule has 0 radical (unpaired) electrons. The molecule has 4 N–H and O–H groups in total. The highest BCUT2D eigenvalue weighted by atomic mass is 16.1. The number of hydrazine groups is 1. The molecule has 1 fully saturated rings. The Balaban J connectivity index is 1.99. The van der Waals surface area contributed by atoms with Crippen LogP contribution in [-0.4, -0.2) is 16.9 Å². The minimum atomic E-state index is -0.0772. The summed E-state index contributed by atoms with van der Waals surface area (Å²) in [5.41, 5.74) is 3.21. The van der Waals surface area contributed by atoms with Crippen LogP contribution >= 0.6 is 0 Å². The fourth-order valence-corrected chi connectivity index (χ4v) is 1.57. The third-order valence-corrected chi connectivity index (χ3v) is 2.99. The first-order valence-electron chi connectivity index (χ1n) is 5.26. The van der Waals surface area contributed by atoms with Crippen molar-refractivity contribution in [2.45, 2.75) is 26.3 Å². The second kappa shape index (κ2) is 3.75. The molecule has 0 bridgehead atoms. The number of nitrogens with two attached hydrogens (primary N) is 1. The van der Waals surface area contributed by atoms with Crippen LogP contribution in [0.1, 0.15) is 30.6 Å². The number of amides is 1. The van der Waals surface area contributed by atoms with E-state index in [1.165, 1.54) is 6.20 Å². The third kappa shape index (κ3) is 2.14. The van der Waals surface area contributed by atoms with Crippen molar-refractivity contribution in [3.8, 4) is 0 Å². The smallest absolute Gasteiger partial charge is 0.253 e. The van der Waals surface area contributed by atoms with Crippen molar-refractivity contribution in [2.24, 2.45) is 11.3 Å². The van der Waals surface area contributed by atoms with Crippen molar-refractivity contribution in [2.75, 3.05) is 5.43 Å². The molecule has 1 atom stereocenters. The van der Waals surface area contributed by atoms with E-state index in [9.17, 15) is 4.79 Å². The zero-order chi connectivity index (χ0) is 11.8. The van der Waals surface area contributed by atoms with Gasteiger partial charge in [0.25, 0.3) is 5.91 Å². The zero-order valence-corrected chi connectivity index (χ0v) is 9.45. The third-order valence-electron chi connectivity index (χ3n) is 2.99. The molecule has 0 aliphatic heterocycles. The molecule has 1 aromatic heterocycles. The molecular weight excluding hydrogens is 204 g/mol. The first-order valence-corrected chi connectivity index (χ1v) is 5.26. The van der Waals surface area contributed by atoms with Crippen molar-refractivity contribution in [3.63, 3.8) is 0 Å². The maximum atomic E-state index is 11.8. The number of nitrogens with one attached hydrogen (secondary N) is 2. The van der Waals surface area contributed by atoms with Gasteiger partial charge in [-0.15, -0.1) is 0 Å². The van der Waals surface area contributed by atoms with Gasteiger partial charge in [-0.1, -0.05) is 13.8 Å². The lowest BCUT2D eigenvalue weighted by Crippen LogP contribution is -2.28. The normalized spacial score (nSPS) is 21.3. The number of nitrogen functional groups attached to an aromatic ring is 1. The number of nitrogens with zero attached hydrogens (tertiary/aromatic N) is 1. The van der Waals surface area contributed by atoms with Gasteiger partial charge in [-0.2, -0.15) is 0 Å². The standard InChI is InChI=1S/C11H16N4O/c1-11(2)5-8(11)14-10(16)7-3-4-9(15-12)13-6-7/h3-4,6,8H,5,12H2,1-2H3,(H,13,15)(H,14,16). The topological polar surface area (TPSA) is 80.0 Å². The minimum absolute atomic E-state index is 0.0772. The number of aromatic nitrogens is 1. The number of hydrogen-bond donors (Lipinski definition) is 3. The van der Waals surface area contributed by atoms with E-state index in [2.05, 4.69) is 29.6 Å². The largest absolute Gasteiger partial charge is 0.349 e. The van der Waals surface area contributed by atoms with Crippen molar-refractivity contribution in [1.82, 2.24) is 10.3 Å². The molecule has 2 rings (SSSR count). The van der Waals surface area contributed by atoms with Crippen LogP contribution in [-0.2, 0) is 0 Å². The van der Waals surface area contributed by atoms with E-state index in [4.69, 9.17) is 5.84 Å². The van der Waals surface area contributed by atoms with Gasteiger partial charge >= 0.3 is 0 Å². The van der Waals surface area contributed by atoms with Gasteiger partial charge in [0.1, 0.15) is 5.82 Å². The molecule has 1 aliphatic rings. The summed E-state index contributed by atoms with van der Waals surface area (Å²) in [4.78, 5) is 15.8. The molecule has 1 aliphatic carbocycles. The maximum absolute atomic E-state index is 11.8. The van der Waals surface area contributed by atoms with Crippen molar-refractivity contribution >= 4 is 11.7 Å². The van der Waals surface area contributed by atoms with Gasteiger partial charge in [-0.25, -0.2) is 10.8 Å². The molecule has 0 saturated heterocycles. The zero-order valence-electron chi connectivity index (χ0n) is 9.45. The van der Waals surface area contributed by atoms with Gasteiger partial charge < -0.3 is 10.7 Å². The number of anilines is 1. The predicted octanol–water partition coefficient (Wildman–Crippen LogP) is 0.895. The van der Waals surface area contributed by atoms with Crippen molar-refractivity contribution < 1.29 is 4.79 Å². The van der Waals surface area contributed by atoms with Crippen LogP contribution in [0.4, 0.5) is 5.82 Å². The summed E-state index contributed by atoms with van der Waals surface area (Å²) in [6.45, 7) is 4.27. The molecule has 1 saturated carbocycles. The Morgan fingerprint density at radius 3 is 2.69 bits per heavy atom. The molecule has 86 valence electrons. The number of hydrogen-bond acceptors (Lipinski definition) is 4. The highest BCUT2D eigenvalue weighted by Crippen LogP contribution is 2.44. The Kier molecular flexibility index (Phi) is 2.55. The summed E-state index contributed by atoms with van der Waals surface area (Å²) in [6.07, 6.45) is 2.55. The maximum Gasteiger partial charge on any atom is 0.253 e. The summed E-state index contributed by atoms with van der Waals surface area (Å²) in [7, 11) is 0. The molecule has 1 heterocycles. The quantitative estimate of drug-likeness (QED) is 0.522. The fourth-order valence-electron chi connectivity index (χ4n) is 1.57. The van der Waals surface area contributed by atoms with E-state index < -0.39 is 0 Å². The van der Waals surface area contributed by atoms with E-state index in [1.807, 2.05) is 0 Å². The number of carbonyl (C=O) groups excluding carboxylic acids is 1. The van der Waals surface area contributed by atoms with Crippen molar-refractivity contribution in [1.29, 1.82) is 0 Å². The average molecular weight is 220 g/mol. The number of rotatable bonds is 3. The fraction of sp³-hybridized carbons (Fsp3) is 0.455. The average Bonchev–Trinajstić information content (AvgIpc) is 2.86. The van der Waals surface area contributed by atoms with Crippen LogP contribution in [0.15, 0.2) is 18.3 Å². The highest BCUT2D eigenvalue weighted by molar-refractivity contribution is 5.94. The molecule has 0 aromatic carbocycles. The van der Waals surface area contributed by atoms with E-state index in [0.29, 0.717) is 11.4 Å². The number of pyridine rings is 1. The van der Waals surface area contributed by atoms with Gasteiger partial charge in [0.2, 0.25) is 0 Å². The summed E-state index contributed by atoms with van der Waals surface area (Å²) in [6, 6.07) is 3.66. The van der Waals surface area contributed by atoms with E-state index in [1.54, 1.807) is 12.1 Å². The Morgan fingerprint density at radius 2 is 2.25 bits per heavy atom. The second-order valence-electron chi connectivity index (χ2n) is 4.80. The first-order chi connectivity index (χ1) is 7.53. The van der Waals surface area contributed by atoms with Crippen LogP contribution in [0.25, 0.3) is 0 Å². The predicted molar refractivity (Wildman–Crippen MR) is 61.7 cm³/mol. The minimum Gasteiger partial charge on any atom is -0.349 e. The monoisotopic (exact) mass is 220 g/mol. The summed E-state index contributed by atoms with van der Waals surface area (Å²) in [5.74, 6) is 5.66. The van der Waals surface area contributed by atoms with Gasteiger partial charge in [0.15, 0.2) is 0 Å². The molecule has 1 unspecified atom stereocenters. The number of carbonyl (C=O) groups is 1. The summed E-state index contributed by atoms with van der Waals surface area (Å²) >= 11 is 0. The Morgan fingerprint density at radius 1 is 1.56 bits per heavy atom. The van der Waals surface area contributed by atoms with Crippen LogP contribution in [0.5, 0.6) is 0 Å². The lowest BCUT2D eigenvalue weighted by atomic mass is 10.2. The molecular formula is C11H16N4O. The van der Waals surface area contributed by atoms with E-state index in [0.717, 1.165) is 6.42 Å². The molecule has 0 spiro atoms. The SMILES string of the molecule is CC1(C)CC1NC(=O)c1ccc(NN)nc1. The molecule has 1 amide bonds. The van der Waals surface area contributed by atoms with Crippen LogP contribution in [0.3, 0.4) is 0 Å². The van der Waals surface area contributed by atoms with Crippen LogP contribution in [0, 0.1) is 5.41 Å². The van der Waals surface area contributed by atoms with Gasteiger partial charge in [0, 0.05) is 12.2 Å². The van der Waals surface area contributed by atoms with Gasteiger partial charge in [-0.05, 0) is 24.0 Å². The Hall–Kier alpha value is -1.62. The van der Waals surface area contributed by atoms with Gasteiger partial charge in [0.05, 0.1) is 5.56 Å². The van der Waals surface area contributed by atoms with Crippen molar-refractivity contribution in [3.05, 3.63) is 23.9 Å². The van der Waals surface area contributed by atoms with Crippen LogP contribution < -0.4 is 16.6 Å². The van der Waals surface area contributed by atoms with Crippen LogP contribution in [0.2, 0.25) is 0 Å². The van der Waals surface area contributed by atoms with E-state index in [-0.39, 0.29) is 17.4 Å². The molecule has 5 heteroatoms. The second-order valence-corrected chi connectivity index (χ2v) is 4.80. The van der Waals surface area contributed by atoms with Gasteiger partial charge in [-0.3, -0.25) is 4.79 Å². The first kappa shape index (κ1) is 10.9. The summed E-state index contributed by atoms with van der Waals surface area (Å²) < 4.78 is 0. The highest BCUT2D eigenvalue weighted by Gasteiger charge is 2.46. The summed E-state index contributed by atoms with van der Waals surface area (Å²) in [5, 5.41) is 2.97. The Labute approximate surface area is 94.4 Å². The van der Waals surface area contributed by atoms with E-state index >= 15 is 0 Å².